The zero-order valence-corrected chi connectivity index (χ0v) is 15.0. The molecule has 0 atom stereocenters. The number of ether oxygens (including phenoxy) is 1. The number of carbonyl (C=O) groups is 1. The van der Waals surface area contributed by atoms with Crippen molar-refractivity contribution in [1.29, 1.82) is 0 Å². The fourth-order valence-electron chi connectivity index (χ4n) is 2.72. The molecule has 3 nitrogen and oxygen atoms in total. The highest BCUT2D eigenvalue weighted by Gasteiger charge is 2.07. The van der Waals surface area contributed by atoms with Crippen molar-refractivity contribution in [3.8, 4) is 5.75 Å². The number of benzene rings is 2. The lowest BCUT2D eigenvalue weighted by molar-refractivity contribution is -0.111. The summed E-state index contributed by atoms with van der Waals surface area (Å²) < 4.78 is 5.36. The van der Waals surface area contributed by atoms with E-state index >= 15 is 0 Å². The Labute approximate surface area is 159 Å². The maximum absolute atomic E-state index is 12.3. The number of hydrogen-bond donors (Lipinski definition) is 1. The van der Waals surface area contributed by atoms with Gasteiger partial charge in [0.15, 0.2) is 5.78 Å². The fraction of sp³-hybridized carbons (Fsp3) is 0.125. The molecule has 2 aromatic rings. The van der Waals surface area contributed by atoms with E-state index in [4.69, 9.17) is 9.84 Å². The highest BCUT2D eigenvalue weighted by Crippen LogP contribution is 2.21. The zero-order chi connectivity index (χ0) is 18.9. The zero-order valence-electron chi connectivity index (χ0n) is 15.0. The van der Waals surface area contributed by atoms with Crippen LogP contribution in [0.1, 0.15) is 17.5 Å². The van der Waals surface area contributed by atoms with Crippen molar-refractivity contribution in [3.05, 3.63) is 101 Å². The van der Waals surface area contributed by atoms with Crippen LogP contribution in [0.2, 0.25) is 0 Å². The van der Waals surface area contributed by atoms with Crippen LogP contribution < -0.4 is 4.74 Å². The lowest BCUT2D eigenvalue weighted by atomic mass is 9.97. The van der Waals surface area contributed by atoms with E-state index in [1.165, 1.54) is 0 Å². The Bertz CT molecular complexity index is 885. The van der Waals surface area contributed by atoms with Crippen LogP contribution in [0.4, 0.5) is 0 Å². The van der Waals surface area contributed by atoms with Gasteiger partial charge in [0.2, 0.25) is 0 Å². The molecule has 1 N–H and O–H groups in total. The van der Waals surface area contributed by atoms with E-state index in [9.17, 15) is 4.79 Å². The summed E-state index contributed by atoms with van der Waals surface area (Å²) in [7, 11) is 0. The Hall–Kier alpha value is -3.17. The van der Waals surface area contributed by atoms with Gasteiger partial charge in [0.1, 0.15) is 12.4 Å². The SMILES string of the molecule is O=C(C=Cc1ccccc1)C1=CCC(=Cc2ccc(OCCO)cc2)C=C1. The Morgan fingerprint density at radius 3 is 2.44 bits per heavy atom. The van der Waals surface area contributed by atoms with Gasteiger partial charge in [-0.1, -0.05) is 72.8 Å². The van der Waals surface area contributed by atoms with Gasteiger partial charge >= 0.3 is 0 Å². The van der Waals surface area contributed by atoms with Gasteiger partial charge in [-0.2, -0.15) is 0 Å². The van der Waals surface area contributed by atoms with Crippen molar-refractivity contribution in [2.45, 2.75) is 6.42 Å². The number of ketones is 1. The Morgan fingerprint density at radius 1 is 1.00 bits per heavy atom. The molecule has 136 valence electrons. The molecule has 0 saturated carbocycles. The quantitative estimate of drug-likeness (QED) is 0.735. The topological polar surface area (TPSA) is 46.5 Å². The normalized spacial score (nSPS) is 15.1. The molecule has 0 amide bonds. The second kappa shape index (κ2) is 9.51. The first-order valence-corrected chi connectivity index (χ1v) is 8.94. The predicted octanol–water partition coefficient (Wildman–Crippen LogP) is 4.61. The first kappa shape index (κ1) is 18.6. The highest BCUT2D eigenvalue weighted by atomic mass is 16.5. The minimum absolute atomic E-state index is 0.00449. The fourth-order valence-corrected chi connectivity index (χ4v) is 2.72. The third-order valence-corrected chi connectivity index (χ3v) is 4.14. The van der Waals surface area contributed by atoms with Gasteiger partial charge in [0, 0.05) is 5.57 Å². The molecule has 0 spiro atoms. The molecular weight excluding hydrogens is 336 g/mol. The minimum Gasteiger partial charge on any atom is -0.491 e. The van der Waals surface area contributed by atoms with Crippen LogP contribution in [0, 0.1) is 0 Å². The van der Waals surface area contributed by atoms with E-state index in [2.05, 4.69) is 6.08 Å². The predicted molar refractivity (Wildman–Crippen MR) is 109 cm³/mol. The highest BCUT2D eigenvalue weighted by molar-refractivity contribution is 6.08. The van der Waals surface area contributed by atoms with E-state index in [-0.39, 0.29) is 12.4 Å². The van der Waals surface area contributed by atoms with Crippen molar-refractivity contribution in [2.75, 3.05) is 13.2 Å². The van der Waals surface area contributed by atoms with Crippen LogP contribution in [-0.2, 0) is 4.79 Å². The third kappa shape index (κ3) is 5.66. The Balaban J connectivity index is 1.59. The van der Waals surface area contributed by atoms with Crippen molar-refractivity contribution in [3.63, 3.8) is 0 Å². The molecule has 2 aromatic carbocycles. The molecule has 3 heteroatoms. The van der Waals surface area contributed by atoms with E-state index < -0.39 is 0 Å². The molecule has 27 heavy (non-hydrogen) atoms. The van der Waals surface area contributed by atoms with Gasteiger partial charge in [-0.25, -0.2) is 0 Å². The number of aliphatic hydroxyl groups is 1. The van der Waals surface area contributed by atoms with E-state index in [1.807, 2.05) is 78.9 Å². The summed E-state index contributed by atoms with van der Waals surface area (Å²) in [5, 5.41) is 8.77. The van der Waals surface area contributed by atoms with Gasteiger partial charge in [-0.3, -0.25) is 4.79 Å². The molecule has 0 bridgehead atoms. The molecule has 1 aliphatic rings. The van der Waals surface area contributed by atoms with Gasteiger partial charge in [0.25, 0.3) is 0 Å². The van der Waals surface area contributed by atoms with Crippen LogP contribution >= 0.6 is 0 Å². The largest absolute Gasteiger partial charge is 0.491 e. The molecule has 0 saturated heterocycles. The maximum Gasteiger partial charge on any atom is 0.185 e. The van der Waals surface area contributed by atoms with Crippen LogP contribution in [0.25, 0.3) is 12.2 Å². The first-order chi connectivity index (χ1) is 13.2. The van der Waals surface area contributed by atoms with E-state index in [1.54, 1.807) is 6.08 Å². The van der Waals surface area contributed by atoms with E-state index in [0.29, 0.717) is 12.2 Å². The van der Waals surface area contributed by atoms with Gasteiger partial charge in [-0.15, -0.1) is 0 Å². The van der Waals surface area contributed by atoms with Crippen molar-refractivity contribution >= 4 is 17.9 Å². The summed E-state index contributed by atoms with van der Waals surface area (Å²) in [6.45, 7) is 0.300. The lowest BCUT2D eigenvalue weighted by Crippen LogP contribution is -2.01. The van der Waals surface area contributed by atoms with Crippen LogP contribution in [-0.4, -0.2) is 24.1 Å². The monoisotopic (exact) mass is 358 g/mol. The van der Waals surface area contributed by atoms with E-state index in [0.717, 1.165) is 28.9 Å². The van der Waals surface area contributed by atoms with Crippen LogP contribution in [0.15, 0.2) is 90.0 Å². The maximum atomic E-state index is 12.3. The van der Waals surface area contributed by atoms with Crippen LogP contribution in [0.3, 0.4) is 0 Å². The summed E-state index contributed by atoms with van der Waals surface area (Å²) >= 11 is 0. The molecule has 0 unspecified atom stereocenters. The summed E-state index contributed by atoms with van der Waals surface area (Å²) in [5.41, 5.74) is 3.94. The second-order valence-electron chi connectivity index (χ2n) is 6.17. The molecule has 3 rings (SSSR count). The molecule has 0 fully saturated rings. The number of allylic oxidation sites excluding steroid dienone is 6. The van der Waals surface area contributed by atoms with Crippen molar-refractivity contribution < 1.29 is 14.6 Å². The van der Waals surface area contributed by atoms with Gasteiger partial charge in [0.05, 0.1) is 6.61 Å². The van der Waals surface area contributed by atoms with Gasteiger partial charge < -0.3 is 9.84 Å². The number of rotatable bonds is 7. The Kier molecular flexibility index (Phi) is 6.55. The first-order valence-electron chi connectivity index (χ1n) is 8.94. The average molecular weight is 358 g/mol. The molecule has 0 aromatic heterocycles. The standard InChI is InChI=1S/C24H22O3/c25-16-17-27-23-13-8-21(9-14-23)18-20-6-11-22(12-7-20)24(26)15-10-19-4-2-1-3-5-19/h1-6,8-15,18,25H,7,16-17H2. The number of hydrogen-bond acceptors (Lipinski definition) is 3. The Morgan fingerprint density at radius 2 is 1.78 bits per heavy atom. The van der Waals surface area contributed by atoms with Crippen LogP contribution in [0.5, 0.6) is 5.75 Å². The molecule has 0 aliphatic heterocycles. The smallest absolute Gasteiger partial charge is 0.185 e. The summed E-state index contributed by atoms with van der Waals surface area (Å²) in [6.07, 6.45) is 12.1. The van der Waals surface area contributed by atoms with Crippen molar-refractivity contribution in [2.24, 2.45) is 0 Å². The summed E-state index contributed by atoms with van der Waals surface area (Å²) in [4.78, 5) is 12.3. The van der Waals surface area contributed by atoms with Gasteiger partial charge in [-0.05, 0) is 41.3 Å². The van der Waals surface area contributed by atoms with Crippen molar-refractivity contribution in [1.82, 2.24) is 0 Å². The third-order valence-electron chi connectivity index (χ3n) is 4.14. The second-order valence-corrected chi connectivity index (χ2v) is 6.17. The minimum atomic E-state index is 0.00449. The summed E-state index contributed by atoms with van der Waals surface area (Å²) in [6, 6.07) is 17.5. The molecular formula is C24H22O3. The number of carbonyl (C=O) groups excluding carboxylic acids is 1. The lowest BCUT2D eigenvalue weighted by Gasteiger charge is -2.08. The molecule has 1 aliphatic carbocycles. The number of aliphatic hydroxyl groups excluding tert-OH is 1. The molecule has 0 heterocycles. The average Bonchev–Trinajstić information content (AvgIpc) is 2.73. The molecule has 0 radical (unpaired) electrons. The summed E-state index contributed by atoms with van der Waals surface area (Å²) in [5.74, 6) is 0.753.